The predicted molar refractivity (Wildman–Crippen MR) is 107 cm³/mol. The first kappa shape index (κ1) is 20.8. The van der Waals surface area contributed by atoms with Gasteiger partial charge in [0.15, 0.2) is 5.96 Å². The lowest BCUT2D eigenvalue weighted by Crippen LogP contribution is -2.38. The molecule has 1 saturated heterocycles. The smallest absolute Gasteiger partial charge is 0.191 e. The van der Waals surface area contributed by atoms with E-state index < -0.39 is 0 Å². The van der Waals surface area contributed by atoms with E-state index in [0.29, 0.717) is 12.6 Å². The van der Waals surface area contributed by atoms with E-state index in [4.69, 9.17) is 14.2 Å². The van der Waals surface area contributed by atoms with E-state index in [0.717, 1.165) is 49.0 Å². The zero-order chi connectivity index (χ0) is 16.5. The Labute approximate surface area is 161 Å². The molecule has 1 fully saturated rings. The Morgan fingerprint density at radius 1 is 1.29 bits per heavy atom. The van der Waals surface area contributed by atoms with Crippen LogP contribution in [0.3, 0.4) is 0 Å². The summed E-state index contributed by atoms with van der Waals surface area (Å²) in [5, 5.41) is 6.62. The van der Waals surface area contributed by atoms with Gasteiger partial charge in [-0.3, -0.25) is 4.99 Å². The van der Waals surface area contributed by atoms with Crippen LogP contribution in [-0.4, -0.2) is 46.5 Å². The third kappa shape index (κ3) is 6.35. The molecule has 1 aromatic rings. The van der Waals surface area contributed by atoms with Crippen molar-refractivity contribution in [3.8, 4) is 11.5 Å². The number of guanidine groups is 1. The van der Waals surface area contributed by atoms with Gasteiger partial charge in [0.25, 0.3) is 0 Å². The Morgan fingerprint density at radius 3 is 2.75 bits per heavy atom. The number of halogens is 1. The van der Waals surface area contributed by atoms with E-state index in [1.54, 1.807) is 21.3 Å². The van der Waals surface area contributed by atoms with Crippen LogP contribution in [0.2, 0.25) is 0 Å². The van der Waals surface area contributed by atoms with Crippen LogP contribution >= 0.6 is 24.0 Å². The standard InChI is InChI=1S/C17H27N3O3.HI/c1-18-17(19-9-8-14-5-4-10-23-14)20-12-13-6-7-15(21-2)11-16(13)22-3;/h6-7,11,14H,4-5,8-10,12H2,1-3H3,(H2,18,19,20);1H. The van der Waals surface area contributed by atoms with E-state index in [1.807, 2.05) is 18.2 Å². The SMILES string of the molecule is CN=C(NCCC1CCCO1)NCc1ccc(OC)cc1OC.I. The lowest BCUT2D eigenvalue weighted by atomic mass is 10.2. The third-order valence-electron chi connectivity index (χ3n) is 3.95. The highest BCUT2D eigenvalue weighted by atomic mass is 127. The molecule has 2 N–H and O–H groups in total. The summed E-state index contributed by atoms with van der Waals surface area (Å²) in [6, 6.07) is 5.79. The van der Waals surface area contributed by atoms with Gasteiger partial charge in [0.05, 0.1) is 20.3 Å². The number of benzene rings is 1. The van der Waals surface area contributed by atoms with Gasteiger partial charge in [-0.2, -0.15) is 0 Å². The quantitative estimate of drug-likeness (QED) is 0.381. The van der Waals surface area contributed by atoms with E-state index >= 15 is 0 Å². The fourth-order valence-corrected chi connectivity index (χ4v) is 2.62. The molecule has 1 aromatic carbocycles. The molecule has 0 amide bonds. The molecule has 2 rings (SSSR count). The third-order valence-corrected chi connectivity index (χ3v) is 3.95. The number of nitrogens with zero attached hydrogens (tertiary/aromatic N) is 1. The molecule has 1 aliphatic heterocycles. The van der Waals surface area contributed by atoms with Gasteiger partial charge in [-0.25, -0.2) is 0 Å². The molecule has 24 heavy (non-hydrogen) atoms. The van der Waals surface area contributed by atoms with Gasteiger partial charge in [-0.05, 0) is 31.4 Å². The van der Waals surface area contributed by atoms with Gasteiger partial charge in [0, 0.05) is 38.4 Å². The summed E-state index contributed by atoms with van der Waals surface area (Å²) in [6.07, 6.45) is 3.74. The second-order valence-corrected chi connectivity index (χ2v) is 5.45. The molecule has 6 nitrogen and oxygen atoms in total. The fraction of sp³-hybridized carbons (Fsp3) is 0.588. The molecule has 1 heterocycles. The van der Waals surface area contributed by atoms with Gasteiger partial charge in [-0.15, -0.1) is 24.0 Å². The topological polar surface area (TPSA) is 64.1 Å². The number of hydrogen-bond donors (Lipinski definition) is 2. The minimum Gasteiger partial charge on any atom is -0.497 e. The monoisotopic (exact) mass is 449 g/mol. The molecule has 0 aliphatic carbocycles. The Kier molecular flexibility index (Phi) is 9.85. The molecule has 0 spiro atoms. The van der Waals surface area contributed by atoms with Crippen molar-refractivity contribution in [2.75, 3.05) is 34.4 Å². The average molecular weight is 449 g/mol. The van der Waals surface area contributed by atoms with Crippen molar-refractivity contribution in [2.24, 2.45) is 4.99 Å². The average Bonchev–Trinajstić information content (AvgIpc) is 3.11. The van der Waals surface area contributed by atoms with Crippen molar-refractivity contribution in [1.29, 1.82) is 0 Å². The fourth-order valence-electron chi connectivity index (χ4n) is 2.62. The summed E-state index contributed by atoms with van der Waals surface area (Å²) in [6.45, 7) is 2.38. The van der Waals surface area contributed by atoms with Crippen LogP contribution in [0.5, 0.6) is 11.5 Å². The largest absolute Gasteiger partial charge is 0.497 e. The maximum absolute atomic E-state index is 5.62. The predicted octanol–water partition coefficient (Wildman–Crippen LogP) is 2.56. The van der Waals surface area contributed by atoms with Gasteiger partial charge in [0.1, 0.15) is 11.5 Å². The lowest BCUT2D eigenvalue weighted by Gasteiger charge is -2.15. The van der Waals surface area contributed by atoms with Gasteiger partial charge in [-0.1, -0.05) is 0 Å². The molecule has 1 atom stereocenters. The summed E-state index contributed by atoms with van der Waals surface area (Å²) < 4.78 is 16.2. The minimum atomic E-state index is 0. The van der Waals surface area contributed by atoms with Crippen molar-refractivity contribution in [3.63, 3.8) is 0 Å². The minimum absolute atomic E-state index is 0. The molecule has 1 unspecified atom stereocenters. The number of rotatable bonds is 7. The molecule has 0 bridgehead atoms. The number of methoxy groups -OCH3 is 2. The maximum atomic E-state index is 5.62. The molecule has 1 aliphatic rings. The highest BCUT2D eigenvalue weighted by Crippen LogP contribution is 2.24. The first-order valence-electron chi connectivity index (χ1n) is 8.04. The molecule has 0 aromatic heterocycles. The normalized spacial score (nSPS) is 17.1. The van der Waals surface area contributed by atoms with Crippen molar-refractivity contribution < 1.29 is 14.2 Å². The van der Waals surface area contributed by atoms with Crippen molar-refractivity contribution in [2.45, 2.75) is 31.9 Å². The van der Waals surface area contributed by atoms with Crippen LogP contribution in [0.1, 0.15) is 24.8 Å². The van der Waals surface area contributed by atoms with Crippen molar-refractivity contribution in [1.82, 2.24) is 10.6 Å². The summed E-state index contributed by atoms with van der Waals surface area (Å²) in [7, 11) is 5.08. The molecule has 136 valence electrons. The van der Waals surface area contributed by atoms with Crippen LogP contribution in [0.25, 0.3) is 0 Å². The number of nitrogens with one attached hydrogen (secondary N) is 2. The van der Waals surface area contributed by atoms with Crippen LogP contribution < -0.4 is 20.1 Å². The van der Waals surface area contributed by atoms with Gasteiger partial charge < -0.3 is 24.8 Å². The zero-order valence-electron chi connectivity index (χ0n) is 14.6. The van der Waals surface area contributed by atoms with E-state index in [-0.39, 0.29) is 24.0 Å². The Bertz CT molecular complexity index is 520. The van der Waals surface area contributed by atoms with Crippen LogP contribution in [0.4, 0.5) is 0 Å². The Balaban J connectivity index is 0.00000288. The first-order chi connectivity index (χ1) is 11.3. The lowest BCUT2D eigenvalue weighted by molar-refractivity contribution is 0.105. The van der Waals surface area contributed by atoms with Gasteiger partial charge in [0.2, 0.25) is 0 Å². The van der Waals surface area contributed by atoms with Crippen LogP contribution in [0.15, 0.2) is 23.2 Å². The molecule has 0 saturated carbocycles. The highest BCUT2D eigenvalue weighted by molar-refractivity contribution is 14.0. The van der Waals surface area contributed by atoms with Crippen LogP contribution in [-0.2, 0) is 11.3 Å². The zero-order valence-corrected chi connectivity index (χ0v) is 17.0. The Morgan fingerprint density at radius 2 is 2.12 bits per heavy atom. The molecular formula is C17H28IN3O3. The second kappa shape index (κ2) is 11.4. The molecule has 7 heteroatoms. The summed E-state index contributed by atoms with van der Waals surface area (Å²) in [5.74, 6) is 2.36. The van der Waals surface area contributed by atoms with Crippen molar-refractivity contribution in [3.05, 3.63) is 23.8 Å². The van der Waals surface area contributed by atoms with E-state index in [2.05, 4.69) is 15.6 Å². The first-order valence-corrected chi connectivity index (χ1v) is 8.04. The summed E-state index contributed by atoms with van der Waals surface area (Å²) >= 11 is 0. The second-order valence-electron chi connectivity index (χ2n) is 5.45. The van der Waals surface area contributed by atoms with Crippen LogP contribution in [0, 0.1) is 0 Å². The van der Waals surface area contributed by atoms with E-state index in [9.17, 15) is 0 Å². The number of aliphatic imine (C=N–C) groups is 1. The molecular weight excluding hydrogens is 421 g/mol. The highest BCUT2D eigenvalue weighted by Gasteiger charge is 2.14. The molecule has 0 radical (unpaired) electrons. The summed E-state index contributed by atoms with van der Waals surface area (Å²) in [4.78, 5) is 4.24. The van der Waals surface area contributed by atoms with Crippen molar-refractivity contribution >= 4 is 29.9 Å². The number of ether oxygens (including phenoxy) is 3. The maximum Gasteiger partial charge on any atom is 0.191 e. The summed E-state index contributed by atoms with van der Waals surface area (Å²) in [5.41, 5.74) is 1.05. The van der Waals surface area contributed by atoms with Gasteiger partial charge >= 0.3 is 0 Å². The number of hydrogen-bond acceptors (Lipinski definition) is 4. The van der Waals surface area contributed by atoms with E-state index in [1.165, 1.54) is 6.42 Å². The Hall–Kier alpha value is -1.22.